The summed E-state index contributed by atoms with van der Waals surface area (Å²) in [6.07, 6.45) is 1.70. The lowest BCUT2D eigenvalue weighted by atomic mass is 10.1. The second kappa shape index (κ2) is 11.2. The Balaban J connectivity index is 1.47. The molecule has 2 N–H and O–H groups in total. The first-order valence-corrected chi connectivity index (χ1v) is 12.6. The van der Waals surface area contributed by atoms with Crippen LogP contribution in [0, 0.1) is 0 Å². The van der Waals surface area contributed by atoms with E-state index in [-0.39, 0.29) is 29.2 Å². The molecule has 1 unspecified atom stereocenters. The zero-order valence-corrected chi connectivity index (χ0v) is 19.4. The molecule has 1 atom stereocenters. The van der Waals surface area contributed by atoms with Gasteiger partial charge in [0.05, 0.1) is 5.75 Å². The summed E-state index contributed by atoms with van der Waals surface area (Å²) < 4.78 is 37.8. The number of anilines is 1. The molecule has 0 bridgehead atoms. The van der Waals surface area contributed by atoms with E-state index < -0.39 is 15.9 Å². The van der Waals surface area contributed by atoms with Gasteiger partial charge in [-0.25, -0.2) is 8.42 Å². The van der Waals surface area contributed by atoms with Crippen LogP contribution in [0.4, 0.5) is 5.13 Å². The zero-order chi connectivity index (χ0) is 23.0. The maximum atomic E-state index is 12.3. The molecule has 0 aliphatic carbocycles. The largest absolute Gasteiger partial charge is 0.371 e. The number of nitrogens with one attached hydrogen (secondary N) is 2. The van der Waals surface area contributed by atoms with Crippen molar-refractivity contribution in [2.24, 2.45) is 0 Å². The van der Waals surface area contributed by atoms with Crippen molar-refractivity contribution in [2.75, 3.05) is 23.6 Å². The van der Waals surface area contributed by atoms with E-state index in [4.69, 9.17) is 9.26 Å². The summed E-state index contributed by atoms with van der Waals surface area (Å²) >= 11 is 1.12. The molecular formula is C20H25N5O5S2. The number of hydrogen-bond acceptors (Lipinski definition) is 9. The summed E-state index contributed by atoms with van der Waals surface area (Å²) in [5.74, 6) is -0.410. The minimum absolute atomic E-state index is 0.0695. The fraction of sp³-hybridized carbons (Fsp3) is 0.400. The normalized spacial score (nSPS) is 12.4. The van der Waals surface area contributed by atoms with Crippen molar-refractivity contribution >= 4 is 32.4 Å². The topological polar surface area (TPSA) is 136 Å². The molecular weight excluding hydrogens is 454 g/mol. The lowest BCUT2D eigenvalue weighted by molar-refractivity contribution is 0.0631. The van der Waals surface area contributed by atoms with E-state index in [1.807, 2.05) is 37.3 Å². The van der Waals surface area contributed by atoms with Gasteiger partial charge in [0.25, 0.3) is 5.91 Å². The Morgan fingerprint density at radius 1 is 1.25 bits per heavy atom. The number of carbonyl (C=O) groups excluding carboxylic acids is 1. The van der Waals surface area contributed by atoms with Gasteiger partial charge in [0.15, 0.2) is 11.5 Å². The lowest BCUT2D eigenvalue weighted by Gasteiger charge is -2.08. The van der Waals surface area contributed by atoms with E-state index in [9.17, 15) is 13.2 Å². The van der Waals surface area contributed by atoms with E-state index in [2.05, 4.69) is 32.3 Å². The molecule has 0 aliphatic rings. The number of hydrogen-bond donors (Lipinski definition) is 2. The smallest absolute Gasteiger partial charge is 0.273 e. The van der Waals surface area contributed by atoms with Crippen LogP contribution in [0.5, 0.6) is 0 Å². The average molecular weight is 480 g/mol. The molecule has 1 amide bonds. The van der Waals surface area contributed by atoms with Crippen LogP contribution in [0.3, 0.4) is 0 Å². The van der Waals surface area contributed by atoms with Crippen LogP contribution in [0.1, 0.15) is 48.3 Å². The van der Waals surface area contributed by atoms with Crippen LogP contribution in [0.2, 0.25) is 0 Å². The third kappa shape index (κ3) is 6.84. The number of sulfonamides is 1. The van der Waals surface area contributed by atoms with Gasteiger partial charge in [-0.05, 0) is 13.3 Å². The molecule has 12 heteroatoms. The number of carbonyl (C=O) groups is 1. The van der Waals surface area contributed by atoms with Crippen molar-refractivity contribution in [1.82, 2.24) is 20.7 Å². The van der Waals surface area contributed by atoms with Gasteiger partial charge in [-0.15, -0.1) is 10.2 Å². The molecule has 0 fully saturated rings. The van der Waals surface area contributed by atoms with Crippen molar-refractivity contribution in [3.05, 3.63) is 47.1 Å². The van der Waals surface area contributed by atoms with E-state index in [1.165, 1.54) is 6.07 Å². The van der Waals surface area contributed by atoms with E-state index >= 15 is 0 Å². The van der Waals surface area contributed by atoms with Crippen LogP contribution >= 0.6 is 11.3 Å². The molecule has 3 rings (SSSR count). The minimum atomic E-state index is -3.72. The third-order valence-electron chi connectivity index (χ3n) is 4.35. The molecule has 0 spiro atoms. The molecule has 32 heavy (non-hydrogen) atoms. The first-order valence-electron chi connectivity index (χ1n) is 10.1. The molecule has 0 radical (unpaired) electrons. The number of amides is 1. The molecule has 10 nitrogen and oxygen atoms in total. The van der Waals surface area contributed by atoms with E-state index in [1.54, 1.807) is 0 Å². The maximum absolute atomic E-state index is 12.3. The van der Waals surface area contributed by atoms with Gasteiger partial charge in [0.2, 0.25) is 15.2 Å². The van der Waals surface area contributed by atoms with Crippen LogP contribution in [-0.2, 0) is 14.8 Å². The van der Waals surface area contributed by atoms with Gasteiger partial charge in [-0.3, -0.25) is 9.52 Å². The highest BCUT2D eigenvalue weighted by Crippen LogP contribution is 2.25. The summed E-state index contributed by atoms with van der Waals surface area (Å²) in [6.45, 7) is 4.42. The Morgan fingerprint density at radius 3 is 2.78 bits per heavy atom. The van der Waals surface area contributed by atoms with Crippen molar-refractivity contribution < 1.29 is 22.5 Å². The first kappa shape index (κ1) is 23.8. The summed E-state index contributed by atoms with van der Waals surface area (Å²) in [4.78, 5) is 12.2. The second-order valence-corrected chi connectivity index (χ2v) is 9.78. The summed E-state index contributed by atoms with van der Waals surface area (Å²) in [6, 6.07) is 10.7. The Hall–Kier alpha value is -2.83. The number of aromatic nitrogens is 3. The highest BCUT2D eigenvalue weighted by molar-refractivity contribution is 7.92. The van der Waals surface area contributed by atoms with Crippen molar-refractivity contribution in [2.45, 2.75) is 32.8 Å². The van der Waals surface area contributed by atoms with Crippen molar-refractivity contribution in [3.8, 4) is 11.3 Å². The zero-order valence-electron chi connectivity index (χ0n) is 17.8. The number of rotatable bonds is 12. The maximum Gasteiger partial charge on any atom is 0.273 e. The fourth-order valence-electron chi connectivity index (χ4n) is 2.61. The van der Waals surface area contributed by atoms with Gasteiger partial charge in [0.1, 0.15) is 11.1 Å². The van der Waals surface area contributed by atoms with Crippen molar-refractivity contribution in [1.29, 1.82) is 0 Å². The van der Waals surface area contributed by atoms with Gasteiger partial charge in [-0.2, -0.15) is 0 Å². The SMILES string of the molecule is CCCCOC(C)c1nnc(NS(=O)(=O)CCNC(=O)c2cc(-c3ccccc3)on2)s1. The van der Waals surface area contributed by atoms with Gasteiger partial charge >= 0.3 is 0 Å². The van der Waals surface area contributed by atoms with Crippen molar-refractivity contribution in [3.63, 3.8) is 0 Å². The molecule has 0 saturated carbocycles. The number of benzene rings is 1. The fourth-order valence-corrected chi connectivity index (χ4v) is 4.53. The Bertz CT molecular complexity index is 1110. The highest BCUT2D eigenvalue weighted by atomic mass is 32.2. The first-order chi connectivity index (χ1) is 15.4. The molecule has 3 aromatic rings. The Labute approximate surface area is 190 Å². The lowest BCUT2D eigenvalue weighted by Crippen LogP contribution is -2.31. The van der Waals surface area contributed by atoms with Gasteiger partial charge < -0.3 is 14.6 Å². The summed E-state index contributed by atoms with van der Waals surface area (Å²) in [7, 11) is -3.72. The van der Waals surface area contributed by atoms with Crippen LogP contribution in [-0.4, -0.2) is 48.6 Å². The van der Waals surface area contributed by atoms with Crippen LogP contribution in [0.25, 0.3) is 11.3 Å². The minimum Gasteiger partial charge on any atom is -0.371 e. The summed E-state index contributed by atoms with van der Waals surface area (Å²) in [5, 5.41) is 14.9. The molecule has 0 aliphatic heterocycles. The second-order valence-electron chi connectivity index (χ2n) is 6.93. The molecule has 2 aromatic heterocycles. The van der Waals surface area contributed by atoms with E-state index in [0.29, 0.717) is 17.4 Å². The standard InChI is InChI=1S/C20H25N5O5S2/c1-3-4-11-29-14(2)19-22-23-20(31-19)25-32(27,28)12-10-21-18(26)16-13-17(30-24-16)15-8-6-5-7-9-15/h5-9,13-14H,3-4,10-12H2,1-2H3,(H,21,26)(H,23,25). The van der Waals surface area contributed by atoms with Crippen LogP contribution < -0.4 is 10.0 Å². The number of ether oxygens (including phenoxy) is 1. The number of nitrogens with zero attached hydrogens (tertiary/aromatic N) is 3. The average Bonchev–Trinajstić information content (AvgIpc) is 3.44. The molecule has 1 aromatic carbocycles. The highest BCUT2D eigenvalue weighted by Gasteiger charge is 2.18. The molecule has 2 heterocycles. The summed E-state index contributed by atoms with van der Waals surface area (Å²) in [5.41, 5.74) is 0.854. The molecule has 172 valence electrons. The van der Waals surface area contributed by atoms with Gasteiger partial charge in [0, 0.05) is 24.8 Å². The predicted molar refractivity (Wildman–Crippen MR) is 121 cm³/mol. The Kier molecular flexibility index (Phi) is 8.31. The molecule has 0 saturated heterocycles. The quantitative estimate of drug-likeness (QED) is 0.378. The predicted octanol–water partition coefficient (Wildman–Crippen LogP) is 3.24. The monoisotopic (exact) mass is 479 g/mol. The van der Waals surface area contributed by atoms with Gasteiger partial charge in [-0.1, -0.05) is 60.2 Å². The number of unbranched alkanes of at least 4 members (excludes halogenated alkanes) is 1. The van der Waals surface area contributed by atoms with E-state index in [0.717, 1.165) is 29.7 Å². The third-order valence-corrected chi connectivity index (χ3v) is 6.73. The Morgan fingerprint density at radius 2 is 2.03 bits per heavy atom. The van der Waals surface area contributed by atoms with Crippen LogP contribution in [0.15, 0.2) is 40.9 Å².